The van der Waals surface area contributed by atoms with E-state index in [1.165, 1.54) is 5.56 Å². The quantitative estimate of drug-likeness (QED) is 0.808. The van der Waals surface area contributed by atoms with Gasteiger partial charge in [-0.05, 0) is 17.9 Å². The lowest BCUT2D eigenvalue weighted by Crippen LogP contribution is -2.33. The average molecular weight is 225 g/mol. The van der Waals surface area contributed by atoms with Crippen LogP contribution >= 0.6 is 0 Å². The summed E-state index contributed by atoms with van der Waals surface area (Å²) >= 11 is 0. The fraction of sp³-hybridized carbons (Fsp3) is 0.692. The third-order valence-electron chi connectivity index (χ3n) is 2.32. The molecule has 3 heteroatoms. The molecule has 16 heavy (non-hydrogen) atoms. The third-order valence-corrected chi connectivity index (χ3v) is 2.32. The van der Waals surface area contributed by atoms with Gasteiger partial charge in [-0.15, -0.1) is 0 Å². The van der Waals surface area contributed by atoms with Crippen molar-refractivity contribution in [2.75, 3.05) is 19.7 Å². The summed E-state index contributed by atoms with van der Waals surface area (Å²) in [6, 6.07) is 1.99. The van der Waals surface area contributed by atoms with Gasteiger partial charge in [0.15, 0.2) is 0 Å². The van der Waals surface area contributed by atoms with Crippen molar-refractivity contribution in [3.8, 4) is 0 Å². The van der Waals surface area contributed by atoms with Gasteiger partial charge in [0.25, 0.3) is 0 Å². The van der Waals surface area contributed by atoms with Crippen molar-refractivity contribution < 1.29 is 9.52 Å². The minimum atomic E-state index is 0.256. The number of hydrogen-bond donors (Lipinski definition) is 1. The predicted octanol–water partition coefficient (Wildman–Crippen LogP) is 2.51. The normalized spacial score (nSPS) is 12.3. The second-order valence-corrected chi connectivity index (χ2v) is 5.48. The first-order chi connectivity index (χ1) is 7.51. The summed E-state index contributed by atoms with van der Waals surface area (Å²) in [6.45, 7) is 9.80. The van der Waals surface area contributed by atoms with E-state index in [-0.39, 0.29) is 12.0 Å². The molecule has 1 aromatic heterocycles. The van der Waals surface area contributed by atoms with Gasteiger partial charge in [-0.2, -0.15) is 0 Å². The Bertz CT molecular complexity index is 275. The number of nitrogens with zero attached hydrogens (tertiary/aromatic N) is 1. The Labute approximate surface area is 98.1 Å². The van der Waals surface area contributed by atoms with Crippen LogP contribution in [-0.2, 0) is 6.54 Å². The van der Waals surface area contributed by atoms with Gasteiger partial charge < -0.3 is 9.52 Å². The maximum absolute atomic E-state index is 8.89. The molecular formula is C13H23NO2. The minimum absolute atomic E-state index is 0.256. The van der Waals surface area contributed by atoms with Crippen molar-refractivity contribution in [2.24, 2.45) is 5.41 Å². The molecule has 0 fully saturated rings. The third kappa shape index (κ3) is 5.33. The summed E-state index contributed by atoms with van der Waals surface area (Å²) in [7, 11) is 0. The summed E-state index contributed by atoms with van der Waals surface area (Å²) < 4.78 is 5.07. The van der Waals surface area contributed by atoms with Gasteiger partial charge >= 0.3 is 0 Å². The van der Waals surface area contributed by atoms with Crippen LogP contribution in [0.15, 0.2) is 23.0 Å². The van der Waals surface area contributed by atoms with E-state index < -0.39 is 0 Å². The molecular weight excluding hydrogens is 202 g/mol. The van der Waals surface area contributed by atoms with Crippen LogP contribution in [0.1, 0.15) is 32.8 Å². The first-order valence-electron chi connectivity index (χ1n) is 5.85. The van der Waals surface area contributed by atoms with Crippen LogP contribution in [0.25, 0.3) is 0 Å². The second-order valence-electron chi connectivity index (χ2n) is 5.48. The smallest absolute Gasteiger partial charge is 0.0947 e. The van der Waals surface area contributed by atoms with Gasteiger partial charge in [0.1, 0.15) is 0 Å². The Balaban J connectivity index is 2.50. The maximum Gasteiger partial charge on any atom is 0.0947 e. The Morgan fingerprint density at radius 3 is 2.62 bits per heavy atom. The SMILES string of the molecule is CC(C)(C)CN(CCCO)Cc1ccoc1. The molecule has 0 aromatic carbocycles. The molecule has 0 spiro atoms. The maximum atomic E-state index is 8.89. The fourth-order valence-electron chi connectivity index (χ4n) is 1.82. The second kappa shape index (κ2) is 6.06. The van der Waals surface area contributed by atoms with Gasteiger partial charge in [-0.25, -0.2) is 0 Å². The van der Waals surface area contributed by atoms with Gasteiger partial charge in [-0.1, -0.05) is 20.8 Å². The highest BCUT2D eigenvalue weighted by Crippen LogP contribution is 2.17. The van der Waals surface area contributed by atoms with Crippen molar-refractivity contribution in [3.63, 3.8) is 0 Å². The van der Waals surface area contributed by atoms with Crippen LogP contribution in [0, 0.1) is 5.41 Å². The van der Waals surface area contributed by atoms with Crippen molar-refractivity contribution in [1.82, 2.24) is 4.90 Å². The fourth-order valence-corrected chi connectivity index (χ4v) is 1.82. The summed E-state index contributed by atoms with van der Waals surface area (Å²) in [6.07, 6.45) is 4.32. The number of aliphatic hydroxyl groups is 1. The average Bonchev–Trinajstić information content (AvgIpc) is 2.64. The highest BCUT2D eigenvalue weighted by atomic mass is 16.3. The number of rotatable bonds is 6. The summed E-state index contributed by atoms with van der Waals surface area (Å²) in [5.41, 5.74) is 1.47. The Hall–Kier alpha value is -0.800. The molecule has 0 aliphatic carbocycles. The molecule has 0 saturated carbocycles. The Morgan fingerprint density at radius 1 is 1.38 bits per heavy atom. The van der Waals surface area contributed by atoms with Crippen molar-refractivity contribution in [2.45, 2.75) is 33.7 Å². The van der Waals surface area contributed by atoms with Crippen LogP contribution in [-0.4, -0.2) is 29.7 Å². The van der Waals surface area contributed by atoms with E-state index in [4.69, 9.17) is 9.52 Å². The molecule has 0 saturated heterocycles. The number of hydrogen-bond acceptors (Lipinski definition) is 3. The molecule has 0 atom stereocenters. The summed E-state index contributed by atoms with van der Waals surface area (Å²) in [4.78, 5) is 2.36. The van der Waals surface area contributed by atoms with E-state index in [2.05, 4.69) is 25.7 Å². The van der Waals surface area contributed by atoms with Gasteiger partial charge in [0.2, 0.25) is 0 Å². The van der Waals surface area contributed by atoms with E-state index in [1.807, 2.05) is 6.07 Å². The largest absolute Gasteiger partial charge is 0.472 e. The van der Waals surface area contributed by atoms with Crippen molar-refractivity contribution in [1.29, 1.82) is 0 Å². The number of aliphatic hydroxyl groups excluding tert-OH is 1. The Kier molecular flexibility index (Phi) is 5.03. The minimum Gasteiger partial charge on any atom is -0.472 e. The van der Waals surface area contributed by atoms with E-state index >= 15 is 0 Å². The first kappa shape index (κ1) is 13.3. The first-order valence-corrected chi connectivity index (χ1v) is 5.85. The molecule has 92 valence electrons. The molecule has 1 N–H and O–H groups in total. The molecule has 0 aliphatic heterocycles. The lowest BCUT2D eigenvalue weighted by Gasteiger charge is -2.29. The summed E-state index contributed by atoms with van der Waals surface area (Å²) in [5, 5.41) is 8.89. The van der Waals surface area contributed by atoms with Crippen molar-refractivity contribution >= 4 is 0 Å². The molecule has 0 unspecified atom stereocenters. The van der Waals surface area contributed by atoms with E-state index in [1.54, 1.807) is 12.5 Å². The molecule has 0 bridgehead atoms. The topological polar surface area (TPSA) is 36.6 Å². The standard InChI is InChI=1S/C13H23NO2/c1-13(2,3)11-14(6-4-7-15)9-12-5-8-16-10-12/h5,8,10,15H,4,6-7,9,11H2,1-3H3. The van der Waals surface area contributed by atoms with Crippen LogP contribution in [0.3, 0.4) is 0 Å². The molecule has 1 heterocycles. The predicted molar refractivity (Wildman–Crippen MR) is 65.1 cm³/mol. The monoisotopic (exact) mass is 225 g/mol. The zero-order chi connectivity index (χ0) is 12.0. The zero-order valence-electron chi connectivity index (χ0n) is 10.6. The Morgan fingerprint density at radius 2 is 2.12 bits per heavy atom. The van der Waals surface area contributed by atoms with Crippen LogP contribution in [0.2, 0.25) is 0 Å². The van der Waals surface area contributed by atoms with Crippen LogP contribution in [0.5, 0.6) is 0 Å². The molecule has 0 aliphatic rings. The lowest BCUT2D eigenvalue weighted by molar-refractivity contribution is 0.166. The van der Waals surface area contributed by atoms with Gasteiger partial charge in [-0.3, -0.25) is 4.90 Å². The number of furan rings is 1. The van der Waals surface area contributed by atoms with Crippen LogP contribution in [0.4, 0.5) is 0 Å². The molecule has 1 rings (SSSR count). The van der Waals surface area contributed by atoms with Crippen LogP contribution < -0.4 is 0 Å². The molecule has 3 nitrogen and oxygen atoms in total. The molecule has 1 aromatic rings. The molecule has 0 amide bonds. The van der Waals surface area contributed by atoms with E-state index in [0.717, 1.165) is 26.1 Å². The van der Waals surface area contributed by atoms with Crippen molar-refractivity contribution in [3.05, 3.63) is 24.2 Å². The van der Waals surface area contributed by atoms with E-state index in [0.29, 0.717) is 0 Å². The zero-order valence-corrected chi connectivity index (χ0v) is 10.6. The van der Waals surface area contributed by atoms with Gasteiger partial charge in [0.05, 0.1) is 12.5 Å². The highest BCUT2D eigenvalue weighted by molar-refractivity contribution is 5.04. The molecule has 0 radical (unpaired) electrons. The van der Waals surface area contributed by atoms with Gasteiger partial charge in [0, 0.05) is 31.8 Å². The highest BCUT2D eigenvalue weighted by Gasteiger charge is 2.16. The summed E-state index contributed by atoms with van der Waals surface area (Å²) in [5.74, 6) is 0. The van der Waals surface area contributed by atoms with E-state index in [9.17, 15) is 0 Å². The lowest BCUT2D eigenvalue weighted by atomic mass is 9.96.